The Morgan fingerprint density at radius 3 is 2.36 bits per heavy atom. The van der Waals surface area contributed by atoms with E-state index in [-0.39, 0.29) is 6.03 Å². The minimum Gasteiger partial charge on any atom is -0.369 e. The van der Waals surface area contributed by atoms with Crippen molar-refractivity contribution < 1.29 is 4.79 Å². The highest BCUT2D eigenvalue weighted by atomic mass is 16.2. The maximum atomic E-state index is 12.3. The minimum absolute atomic E-state index is 0.153. The van der Waals surface area contributed by atoms with E-state index >= 15 is 0 Å². The summed E-state index contributed by atoms with van der Waals surface area (Å²) in [6, 6.07) is 24.4. The molecule has 3 aromatic rings. The number of anilines is 2. The number of hydrogen-bond acceptors (Lipinski definition) is 3. The van der Waals surface area contributed by atoms with Crippen LogP contribution in [0.2, 0.25) is 0 Å². The van der Waals surface area contributed by atoms with Crippen LogP contribution >= 0.6 is 0 Å². The second kappa shape index (κ2) is 8.76. The van der Waals surface area contributed by atoms with Crippen molar-refractivity contribution in [2.75, 3.05) is 49.5 Å². The zero-order valence-corrected chi connectivity index (χ0v) is 16.0. The van der Waals surface area contributed by atoms with Crippen LogP contribution in [0.5, 0.6) is 0 Å². The molecule has 0 bridgehead atoms. The fourth-order valence-corrected chi connectivity index (χ4v) is 3.70. The van der Waals surface area contributed by atoms with Crippen molar-refractivity contribution in [2.45, 2.75) is 0 Å². The number of rotatable bonds is 5. The maximum absolute atomic E-state index is 12.3. The zero-order chi connectivity index (χ0) is 19.2. The van der Waals surface area contributed by atoms with Crippen molar-refractivity contribution in [1.29, 1.82) is 0 Å². The van der Waals surface area contributed by atoms with Crippen LogP contribution in [-0.4, -0.2) is 50.2 Å². The van der Waals surface area contributed by atoms with Gasteiger partial charge in [0, 0.05) is 50.3 Å². The van der Waals surface area contributed by atoms with Crippen LogP contribution in [0.1, 0.15) is 0 Å². The van der Waals surface area contributed by atoms with Gasteiger partial charge in [0.1, 0.15) is 0 Å². The first kappa shape index (κ1) is 18.3. The molecule has 5 heteroatoms. The van der Waals surface area contributed by atoms with Crippen molar-refractivity contribution >= 4 is 28.2 Å². The molecule has 28 heavy (non-hydrogen) atoms. The molecule has 1 fully saturated rings. The largest absolute Gasteiger partial charge is 0.369 e. The third-order valence-corrected chi connectivity index (χ3v) is 5.25. The van der Waals surface area contributed by atoms with Crippen LogP contribution in [0.3, 0.4) is 0 Å². The summed E-state index contributed by atoms with van der Waals surface area (Å²) in [7, 11) is 0. The SMILES string of the molecule is O=C(NCCN1CCN(c2ccccc2)CC1)Nc1cccc2ccccc12. The molecular weight excluding hydrogens is 348 g/mol. The number of carbonyl (C=O) groups is 1. The Morgan fingerprint density at radius 1 is 0.821 bits per heavy atom. The van der Waals surface area contributed by atoms with Crippen LogP contribution in [-0.2, 0) is 0 Å². The second-order valence-corrected chi connectivity index (χ2v) is 7.07. The number of para-hydroxylation sites is 1. The molecule has 0 saturated carbocycles. The van der Waals surface area contributed by atoms with Gasteiger partial charge in [-0.25, -0.2) is 4.79 Å². The molecule has 2 N–H and O–H groups in total. The lowest BCUT2D eigenvalue weighted by Gasteiger charge is -2.36. The third kappa shape index (κ3) is 4.43. The molecule has 1 heterocycles. The van der Waals surface area contributed by atoms with E-state index in [1.165, 1.54) is 5.69 Å². The Labute approximate surface area is 165 Å². The van der Waals surface area contributed by atoms with Gasteiger partial charge >= 0.3 is 6.03 Å². The maximum Gasteiger partial charge on any atom is 0.319 e. The predicted molar refractivity (Wildman–Crippen MR) is 116 cm³/mol. The fourth-order valence-electron chi connectivity index (χ4n) is 3.70. The van der Waals surface area contributed by atoms with Gasteiger partial charge in [0.2, 0.25) is 0 Å². The van der Waals surface area contributed by atoms with Crippen LogP contribution < -0.4 is 15.5 Å². The number of hydrogen-bond donors (Lipinski definition) is 2. The molecule has 0 aromatic heterocycles. The number of amides is 2. The Hall–Kier alpha value is -3.05. The highest BCUT2D eigenvalue weighted by Crippen LogP contribution is 2.22. The highest BCUT2D eigenvalue weighted by molar-refractivity contribution is 6.01. The summed E-state index contributed by atoms with van der Waals surface area (Å²) in [6.07, 6.45) is 0. The first-order chi connectivity index (χ1) is 13.8. The molecule has 0 atom stereocenters. The number of piperazine rings is 1. The molecule has 0 aliphatic carbocycles. The van der Waals surface area contributed by atoms with Crippen molar-refractivity contribution in [2.24, 2.45) is 0 Å². The van der Waals surface area contributed by atoms with Gasteiger partial charge in [-0.15, -0.1) is 0 Å². The van der Waals surface area contributed by atoms with Crippen molar-refractivity contribution in [1.82, 2.24) is 10.2 Å². The Bertz CT molecular complexity index is 915. The molecule has 3 aromatic carbocycles. The molecule has 0 unspecified atom stereocenters. The molecule has 144 valence electrons. The normalized spacial score (nSPS) is 14.8. The number of urea groups is 1. The van der Waals surface area contributed by atoms with Crippen molar-refractivity contribution in [3.8, 4) is 0 Å². The summed E-state index contributed by atoms with van der Waals surface area (Å²) in [5, 5.41) is 8.13. The molecule has 1 aliphatic rings. The standard InChI is InChI=1S/C23H26N4O/c28-23(25-22-12-6-8-19-7-4-5-11-21(19)22)24-13-14-26-15-17-27(18-16-26)20-9-2-1-3-10-20/h1-12H,13-18H2,(H2,24,25,28). The lowest BCUT2D eigenvalue weighted by molar-refractivity contribution is 0.240. The van der Waals surface area contributed by atoms with Gasteiger partial charge in [-0.2, -0.15) is 0 Å². The van der Waals surface area contributed by atoms with Crippen LogP contribution in [0.15, 0.2) is 72.8 Å². The van der Waals surface area contributed by atoms with Gasteiger partial charge in [-0.1, -0.05) is 54.6 Å². The summed E-state index contributed by atoms with van der Waals surface area (Å²) in [5.74, 6) is 0. The van der Waals surface area contributed by atoms with E-state index in [1.807, 2.05) is 42.5 Å². The first-order valence-electron chi connectivity index (χ1n) is 9.84. The minimum atomic E-state index is -0.153. The molecule has 0 radical (unpaired) electrons. The van der Waals surface area contributed by atoms with E-state index in [4.69, 9.17) is 0 Å². The molecule has 2 amide bonds. The smallest absolute Gasteiger partial charge is 0.319 e. The van der Waals surface area contributed by atoms with Gasteiger partial charge in [0.05, 0.1) is 5.69 Å². The molecule has 1 aliphatic heterocycles. The monoisotopic (exact) mass is 374 g/mol. The predicted octanol–water partition coefficient (Wildman–Crippen LogP) is 3.78. The average molecular weight is 374 g/mol. The summed E-state index contributed by atoms with van der Waals surface area (Å²) in [6.45, 7) is 5.58. The summed E-state index contributed by atoms with van der Waals surface area (Å²) >= 11 is 0. The zero-order valence-electron chi connectivity index (χ0n) is 16.0. The number of nitrogens with zero attached hydrogens (tertiary/aromatic N) is 2. The van der Waals surface area contributed by atoms with Gasteiger partial charge in [-0.05, 0) is 23.6 Å². The summed E-state index contributed by atoms with van der Waals surface area (Å²) < 4.78 is 0. The van der Waals surface area contributed by atoms with Gasteiger partial charge in [-0.3, -0.25) is 4.90 Å². The molecule has 0 spiro atoms. The van der Waals surface area contributed by atoms with E-state index < -0.39 is 0 Å². The second-order valence-electron chi connectivity index (χ2n) is 7.07. The van der Waals surface area contributed by atoms with Gasteiger partial charge in [0.15, 0.2) is 0 Å². The molecular formula is C23H26N4O. The van der Waals surface area contributed by atoms with E-state index in [9.17, 15) is 4.79 Å². The lowest BCUT2D eigenvalue weighted by Crippen LogP contribution is -2.48. The summed E-state index contributed by atoms with van der Waals surface area (Å²) in [4.78, 5) is 17.1. The van der Waals surface area contributed by atoms with Crippen LogP contribution in [0.4, 0.5) is 16.2 Å². The topological polar surface area (TPSA) is 47.6 Å². The number of nitrogens with one attached hydrogen (secondary N) is 2. The first-order valence-corrected chi connectivity index (χ1v) is 9.84. The highest BCUT2D eigenvalue weighted by Gasteiger charge is 2.16. The number of fused-ring (bicyclic) bond motifs is 1. The van der Waals surface area contributed by atoms with Crippen molar-refractivity contribution in [3.63, 3.8) is 0 Å². The van der Waals surface area contributed by atoms with E-state index in [1.54, 1.807) is 0 Å². The molecule has 1 saturated heterocycles. The lowest BCUT2D eigenvalue weighted by atomic mass is 10.1. The van der Waals surface area contributed by atoms with E-state index in [0.29, 0.717) is 6.54 Å². The van der Waals surface area contributed by atoms with Gasteiger partial charge < -0.3 is 15.5 Å². The Morgan fingerprint density at radius 2 is 1.54 bits per heavy atom. The third-order valence-electron chi connectivity index (χ3n) is 5.25. The average Bonchev–Trinajstić information content (AvgIpc) is 2.75. The molecule has 4 rings (SSSR count). The number of benzene rings is 3. The summed E-state index contributed by atoms with van der Waals surface area (Å²) in [5.41, 5.74) is 2.13. The number of carbonyl (C=O) groups excluding carboxylic acids is 1. The van der Waals surface area contributed by atoms with Crippen LogP contribution in [0, 0.1) is 0 Å². The fraction of sp³-hybridized carbons (Fsp3) is 0.261. The Kier molecular flexibility index (Phi) is 5.73. The van der Waals surface area contributed by atoms with E-state index in [2.05, 4.69) is 50.8 Å². The van der Waals surface area contributed by atoms with Crippen molar-refractivity contribution in [3.05, 3.63) is 72.8 Å². The molecule has 5 nitrogen and oxygen atoms in total. The quantitative estimate of drug-likeness (QED) is 0.714. The van der Waals surface area contributed by atoms with Crippen LogP contribution in [0.25, 0.3) is 10.8 Å². The van der Waals surface area contributed by atoms with Gasteiger partial charge in [0.25, 0.3) is 0 Å². The Balaban J connectivity index is 1.22. The van der Waals surface area contributed by atoms with E-state index in [0.717, 1.165) is 49.2 Å².